The van der Waals surface area contributed by atoms with Gasteiger partial charge in [-0.3, -0.25) is 9.71 Å². The van der Waals surface area contributed by atoms with Crippen LogP contribution in [0.1, 0.15) is 31.4 Å². The second kappa shape index (κ2) is 14.4. The Morgan fingerprint density at radius 2 is 1.86 bits per heavy atom. The summed E-state index contributed by atoms with van der Waals surface area (Å²) >= 11 is 1.03. The lowest BCUT2D eigenvalue weighted by Gasteiger charge is -2.28. The smallest absolute Gasteiger partial charge is 0.423 e. The van der Waals surface area contributed by atoms with Gasteiger partial charge in [0.15, 0.2) is 0 Å². The fourth-order valence-corrected chi connectivity index (χ4v) is 4.94. The largest absolute Gasteiger partial charge is 0.438 e. The summed E-state index contributed by atoms with van der Waals surface area (Å²) in [4.78, 5) is 15.2. The number of alkyl halides is 3. The van der Waals surface area contributed by atoms with Crippen LogP contribution >= 0.6 is 11.9 Å². The van der Waals surface area contributed by atoms with Crippen molar-refractivity contribution in [3.05, 3.63) is 70.8 Å². The number of morpholine rings is 1. The molecule has 2 aromatic carbocycles. The summed E-state index contributed by atoms with van der Waals surface area (Å²) in [5.74, 6) is -0.0732. The van der Waals surface area contributed by atoms with Gasteiger partial charge in [0, 0.05) is 43.8 Å². The number of nitrogens with one attached hydrogen (secondary N) is 1. The zero-order valence-electron chi connectivity index (χ0n) is 23.8. The normalized spacial score (nSPS) is 14.5. The van der Waals surface area contributed by atoms with E-state index < -0.39 is 17.6 Å². The van der Waals surface area contributed by atoms with Gasteiger partial charge in [-0.15, -0.1) is 0 Å². The average Bonchev–Trinajstić information content (AvgIpc) is 2.98. The number of hydrogen-bond donors (Lipinski definition) is 2. The molecule has 1 fully saturated rings. The molecule has 0 saturated carbocycles. The molecule has 0 bridgehead atoms. The molecule has 1 aliphatic heterocycles. The van der Waals surface area contributed by atoms with E-state index in [0.29, 0.717) is 36.0 Å². The van der Waals surface area contributed by atoms with Crippen molar-refractivity contribution in [2.24, 2.45) is 16.6 Å². The van der Waals surface area contributed by atoms with Crippen LogP contribution in [0.3, 0.4) is 0 Å². The molecule has 0 spiro atoms. The Bertz CT molecular complexity index is 1390. The average molecular weight is 601 g/mol. The molecule has 3 aromatic rings. The highest BCUT2D eigenvalue weighted by Crippen LogP contribution is 2.44. The quantitative estimate of drug-likeness (QED) is 0.180. The summed E-state index contributed by atoms with van der Waals surface area (Å²) in [7, 11) is 1.58. The van der Waals surface area contributed by atoms with Crippen LogP contribution in [0.25, 0.3) is 11.3 Å². The van der Waals surface area contributed by atoms with Gasteiger partial charge in [0.1, 0.15) is 11.3 Å². The third-order valence-corrected chi connectivity index (χ3v) is 7.29. The molecule has 4 rings (SSSR count). The molecular formula is C30H35F3N6O2S. The van der Waals surface area contributed by atoms with Gasteiger partial charge in [0.2, 0.25) is 11.8 Å². The lowest BCUT2D eigenvalue weighted by Crippen LogP contribution is -2.36. The maximum Gasteiger partial charge on any atom is 0.423 e. The zero-order valence-corrected chi connectivity index (χ0v) is 24.6. The predicted molar refractivity (Wildman–Crippen MR) is 163 cm³/mol. The van der Waals surface area contributed by atoms with Gasteiger partial charge in [-0.25, -0.2) is 4.98 Å². The molecule has 0 aliphatic carbocycles. The van der Waals surface area contributed by atoms with Crippen molar-refractivity contribution in [2.75, 3.05) is 43.0 Å². The number of nitrogens with two attached hydrogens (primary N) is 1. The van der Waals surface area contributed by atoms with Gasteiger partial charge in [-0.1, -0.05) is 38.1 Å². The molecule has 42 heavy (non-hydrogen) atoms. The number of aryl methyl sites for hydroxylation is 1. The fourth-order valence-electron chi connectivity index (χ4n) is 4.42. The SMILES string of the molecule is CN=CC(=CN)SNc1nc(Oc2ccc(N3CCOCC3)cc2)c(C(F)(F)F)c(-c2ccccc2CCC(C)C)n1. The number of rotatable bonds is 11. The standard InChI is InChI=1S/C30H35F3N6O2S/c1-20(2)8-9-21-6-4-5-7-25(21)27-26(30(31,32)33)28(37-29(36-27)38-42-24(18-34)19-35-3)41-23-12-10-22(11-13-23)39-14-16-40-17-15-39/h4-7,10-13,18-20H,8-9,14-17,34H2,1-3H3,(H,36,37,38). The first-order chi connectivity index (χ1) is 20.2. The topological polar surface area (TPSA) is 97.9 Å². The fraction of sp³-hybridized carbons (Fsp3) is 0.367. The lowest BCUT2D eigenvalue weighted by atomic mass is 9.95. The van der Waals surface area contributed by atoms with E-state index in [2.05, 4.69) is 38.4 Å². The predicted octanol–water partition coefficient (Wildman–Crippen LogP) is 6.94. The Balaban J connectivity index is 1.79. The van der Waals surface area contributed by atoms with Gasteiger partial charge in [0.25, 0.3) is 0 Å². The molecule has 8 nitrogen and oxygen atoms in total. The van der Waals surface area contributed by atoms with Crippen LogP contribution in [0.4, 0.5) is 24.8 Å². The number of halogens is 3. The zero-order chi connectivity index (χ0) is 30.1. The highest BCUT2D eigenvalue weighted by atomic mass is 32.2. The molecule has 2 heterocycles. The van der Waals surface area contributed by atoms with Crippen molar-refractivity contribution in [2.45, 2.75) is 32.9 Å². The summed E-state index contributed by atoms with van der Waals surface area (Å²) in [6.45, 7) is 6.86. The molecule has 0 atom stereocenters. The molecule has 0 unspecified atom stereocenters. The number of allylic oxidation sites excluding steroid dienone is 1. The highest BCUT2D eigenvalue weighted by molar-refractivity contribution is 8.05. The third kappa shape index (κ3) is 8.16. The third-order valence-electron chi connectivity index (χ3n) is 6.53. The maximum absolute atomic E-state index is 14.8. The highest BCUT2D eigenvalue weighted by Gasteiger charge is 2.41. The monoisotopic (exact) mass is 600 g/mol. The molecule has 224 valence electrons. The molecule has 1 aromatic heterocycles. The minimum Gasteiger partial charge on any atom is -0.438 e. The Hall–Kier alpha value is -3.77. The first-order valence-electron chi connectivity index (χ1n) is 13.6. The minimum absolute atomic E-state index is 0.0644. The van der Waals surface area contributed by atoms with Crippen LogP contribution in [-0.4, -0.2) is 49.5 Å². The molecule has 3 N–H and O–H groups in total. The Kier molecular flexibility index (Phi) is 10.7. The number of nitrogens with zero attached hydrogens (tertiary/aromatic N) is 4. The van der Waals surface area contributed by atoms with Crippen molar-refractivity contribution in [1.29, 1.82) is 0 Å². The van der Waals surface area contributed by atoms with Gasteiger partial charge < -0.3 is 20.1 Å². The van der Waals surface area contributed by atoms with E-state index in [9.17, 15) is 13.2 Å². The molecule has 1 aliphatic rings. The Morgan fingerprint density at radius 1 is 1.14 bits per heavy atom. The van der Waals surface area contributed by atoms with Crippen LogP contribution in [-0.2, 0) is 17.3 Å². The van der Waals surface area contributed by atoms with Crippen molar-refractivity contribution < 1.29 is 22.6 Å². The Labute approximate surface area is 248 Å². The number of ether oxygens (including phenoxy) is 2. The minimum atomic E-state index is -4.80. The van der Waals surface area contributed by atoms with E-state index in [1.165, 1.54) is 12.4 Å². The first-order valence-corrected chi connectivity index (χ1v) is 14.5. The number of aromatic nitrogens is 2. The van der Waals surface area contributed by atoms with E-state index >= 15 is 0 Å². The van der Waals surface area contributed by atoms with Crippen molar-refractivity contribution in [1.82, 2.24) is 9.97 Å². The summed E-state index contributed by atoms with van der Waals surface area (Å²) in [5, 5.41) is 0. The molecular weight excluding hydrogens is 565 g/mol. The van der Waals surface area contributed by atoms with Gasteiger partial charge in [-0.2, -0.15) is 18.2 Å². The second-order valence-corrected chi connectivity index (χ2v) is 10.9. The van der Waals surface area contributed by atoms with E-state index in [1.807, 2.05) is 24.3 Å². The molecule has 1 saturated heterocycles. The van der Waals surface area contributed by atoms with Crippen LogP contribution < -0.4 is 20.1 Å². The van der Waals surface area contributed by atoms with Crippen molar-refractivity contribution >= 4 is 29.8 Å². The molecule has 0 amide bonds. The first kappa shape index (κ1) is 31.2. The van der Waals surface area contributed by atoms with E-state index in [4.69, 9.17) is 15.2 Å². The number of hydrogen-bond acceptors (Lipinski definition) is 9. The lowest BCUT2D eigenvalue weighted by molar-refractivity contribution is -0.138. The van der Waals surface area contributed by atoms with Crippen LogP contribution in [0.2, 0.25) is 0 Å². The summed E-state index contributed by atoms with van der Waals surface area (Å²) < 4.78 is 58.6. The van der Waals surface area contributed by atoms with Crippen molar-refractivity contribution in [3.8, 4) is 22.9 Å². The Morgan fingerprint density at radius 3 is 2.50 bits per heavy atom. The van der Waals surface area contributed by atoms with Crippen LogP contribution in [0, 0.1) is 5.92 Å². The number of benzene rings is 2. The van der Waals surface area contributed by atoms with E-state index in [1.54, 1.807) is 31.3 Å². The number of aliphatic imine (C=N–C) groups is 1. The van der Waals surface area contributed by atoms with Crippen LogP contribution in [0.15, 0.2) is 64.6 Å². The maximum atomic E-state index is 14.8. The summed E-state index contributed by atoms with van der Waals surface area (Å²) in [6.07, 6.45) is -0.558. The van der Waals surface area contributed by atoms with Gasteiger partial charge in [-0.05, 0) is 60.5 Å². The van der Waals surface area contributed by atoms with Gasteiger partial charge in [0.05, 0.1) is 23.8 Å². The molecule has 0 radical (unpaired) electrons. The second-order valence-electron chi connectivity index (χ2n) is 10.0. The number of anilines is 2. The molecule has 12 heteroatoms. The van der Waals surface area contributed by atoms with E-state index in [0.717, 1.165) is 42.7 Å². The van der Waals surface area contributed by atoms with Crippen molar-refractivity contribution in [3.63, 3.8) is 0 Å². The summed E-state index contributed by atoms with van der Waals surface area (Å²) in [6, 6.07) is 13.9. The van der Waals surface area contributed by atoms with Gasteiger partial charge >= 0.3 is 6.18 Å². The van der Waals surface area contributed by atoms with E-state index in [-0.39, 0.29) is 17.4 Å². The van der Waals surface area contributed by atoms with Crippen LogP contribution in [0.5, 0.6) is 11.6 Å². The summed E-state index contributed by atoms with van der Waals surface area (Å²) in [5.41, 5.74) is 6.42.